The molecule has 3 nitrogen and oxygen atoms in total. The van der Waals surface area contributed by atoms with Crippen LogP contribution in [0.4, 0.5) is 0 Å². The van der Waals surface area contributed by atoms with Crippen LogP contribution in [-0.2, 0) is 0 Å². The second-order valence-corrected chi connectivity index (χ2v) is 3.64. The van der Waals surface area contributed by atoms with E-state index >= 15 is 0 Å². The van der Waals surface area contributed by atoms with E-state index in [2.05, 4.69) is 24.1 Å². The molecule has 0 aliphatic carbocycles. The summed E-state index contributed by atoms with van der Waals surface area (Å²) in [6, 6.07) is 3.78. The molecular weight excluding hydrogens is 176 g/mol. The van der Waals surface area contributed by atoms with Crippen molar-refractivity contribution in [2.75, 3.05) is 19.7 Å². The second-order valence-electron chi connectivity index (χ2n) is 3.64. The average Bonchev–Trinajstić information content (AvgIpc) is 2.18. The predicted octanol–water partition coefficient (Wildman–Crippen LogP) is 1.71. The van der Waals surface area contributed by atoms with E-state index in [-0.39, 0.29) is 0 Å². The topological polar surface area (TPSA) is 34.1 Å². The molecule has 0 bridgehead atoms. The monoisotopic (exact) mass is 194 g/mol. The lowest BCUT2D eigenvalue weighted by molar-refractivity contribution is 0.310. The van der Waals surface area contributed by atoms with E-state index in [1.165, 1.54) is 0 Å². The zero-order valence-electron chi connectivity index (χ0n) is 8.86. The van der Waals surface area contributed by atoms with Crippen LogP contribution in [0.25, 0.3) is 0 Å². The van der Waals surface area contributed by atoms with Crippen LogP contribution < -0.4 is 10.1 Å². The van der Waals surface area contributed by atoms with Crippen LogP contribution in [0.3, 0.4) is 0 Å². The van der Waals surface area contributed by atoms with Gasteiger partial charge in [0.1, 0.15) is 12.4 Å². The van der Waals surface area contributed by atoms with E-state index in [9.17, 15) is 0 Å². The standard InChI is InChI=1S/C11H18N2O/c1-10(2)8-13-6-7-14-11-4-3-5-12-9-11/h3-5,9-10,13H,6-8H2,1-2H3. The molecule has 0 radical (unpaired) electrons. The van der Waals surface area contributed by atoms with E-state index in [4.69, 9.17) is 4.74 Å². The summed E-state index contributed by atoms with van der Waals surface area (Å²) in [5.41, 5.74) is 0. The summed E-state index contributed by atoms with van der Waals surface area (Å²) in [5, 5.41) is 3.31. The number of pyridine rings is 1. The highest BCUT2D eigenvalue weighted by Gasteiger charge is 1.93. The fourth-order valence-corrected chi connectivity index (χ4v) is 1.06. The molecule has 0 aliphatic rings. The van der Waals surface area contributed by atoms with E-state index in [1.54, 1.807) is 12.4 Å². The number of ether oxygens (including phenoxy) is 1. The van der Waals surface area contributed by atoms with Crippen molar-refractivity contribution in [1.29, 1.82) is 0 Å². The van der Waals surface area contributed by atoms with E-state index in [1.807, 2.05) is 12.1 Å². The summed E-state index contributed by atoms with van der Waals surface area (Å²) in [6.07, 6.45) is 3.46. The van der Waals surface area contributed by atoms with Crippen molar-refractivity contribution in [3.8, 4) is 5.75 Å². The SMILES string of the molecule is CC(C)CNCCOc1cccnc1. The first-order chi connectivity index (χ1) is 6.79. The first-order valence-electron chi connectivity index (χ1n) is 5.02. The van der Waals surface area contributed by atoms with Gasteiger partial charge >= 0.3 is 0 Å². The van der Waals surface area contributed by atoms with Crippen molar-refractivity contribution in [3.05, 3.63) is 24.5 Å². The van der Waals surface area contributed by atoms with Gasteiger partial charge in [0.15, 0.2) is 0 Å². The highest BCUT2D eigenvalue weighted by molar-refractivity contribution is 5.15. The Labute approximate surface area is 85.5 Å². The summed E-state index contributed by atoms with van der Waals surface area (Å²) in [4.78, 5) is 3.97. The maximum Gasteiger partial charge on any atom is 0.137 e. The molecule has 0 saturated carbocycles. The van der Waals surface area contributed by atoms with Crippen LogP contribution in [0.15, 0.2) is 24.5 Å². The molecular formula is C11H18N2O. The third kappa shape index (κ3) is 4.82. The zero-order valence-corrected chi connectivity index (χ0v) is 8.86. The largest absolute Gasteiger partial charge is 0.491 e. The molecule has 0 fully saturated rings. The van der Waals surface area contributed by atoms with E-state index < -0.39 is 0 Å². The zero-order chi connectivity index (χ0) is 10.2. The lowest BCUT2D eigenvalue weighted by atomic mass is 10.2. The smallest absolute Gasteiger partial charge is 0.137 e. The molecule has 3 heteroatoms. The molecule has 78 valence electrons. The van der Waals surface area contributed by atoms with Crippen molar-refractivity contribution in [2.24, 2.45) is 5.92 Å². The van der Waals surface area contributed by atoms with Crippen molar-refractivity contribution in [1.82, 2.24) is 10.3 Å². The van der Waals surface area contributed by atoms with E-state index in [0.29, 0.717) is 12.5 Å². The Morgan fingerprint density at radius 2 is 2.36 bits per heavy atom. The maximum absolute atomic E-state index is 5.46. The fraction of sp³-hybridized carbons (Fsp3) is 0.545. The number of nitrogens with zero attached hydrogens (tertiary/aromatic N) is 1. The molecule has 0 aromatic carbocycles. The van der Waals surface area contributed by atoms with Gasteiger partial charge in [-0.25, -0.2) is 0 Å². The van der Waals surface area contributed by atoms with Gasteiger partial charge in [-0.2, -0.15) is 0 Å². The third-order valence-electron chi connectivity index (χ3n) is 1.73. The molecule has 1 rings (SSSR count). The maximum atomic E-state index is 5.46. The van der Waals surface area contributed by atoms with Crippen molar-refractivity contribution in [2.45, 2.75) is 13.8 Å². The Balaban J connectivity index is 2.05. The number of rotatable bonds is 6. The second kappa shape index (κ2) is 6.38. The Bertz CT molecular complexity index is 236. The minimum atomic E-state index is 0.688. The first-order valence-corrected chi connectivity index (χ1v) is 5.02. The number of aromatic nitrogens is 1. The Kier molecular flexibility index (Phi) is 5.00. The predicted molar refractivity (Wildman–Crippen MR) is 57.4 cm³/mol. The van der Waals surface area contributed by atoms with Gasteiger partial charge in [0.05, 0.1) is 6.20 Å². The van der Waals surface area contributed by atoms with Crippen LogP contribution in [0.5, 0.6) is 5.75 Å². The van der Waals surface area contributed by atoms with Crippen LogP contribution in [0.2, 0.25) is 0 Å². The quantitative estimate of drug-likeness (QED) is 0.700. The summed E-state index contributed by atoms with van der Waals surface area (Å²) in [5.74, 6) is 1.52. The Hall–Kier alpha value is -1.09. The molecule has 0 unspecified atom stereocenters. The lowest BCUT2D eigenvalue weighted by Crippen LogP contribution is -2.24. The Morgan fingerprint density at radius 3 is 3.00 bits per heavy atom. The van der Waals surface area contributed by atoms with Gasteiger partial charge in [0.25, 0.3) is 0 Å². The van der Waals surface area contributed by atoms with Crippen molar-refractivity contribution >= 4 is 0 Å². The van der Waals surface area contributed by atoms with Gasteiger partial charge in [-0.05, 0) is 24.6 Å². The van der Waals surface area contributed by atoms with E-state index in [0.717, 1.165) is 18.8 Å². The van der Waals surface area contributed by atoms with Crippen molar-refractivity contribution < 1.29 is 4.74 Å². The first kappa shape index (κ1) is 11.0. The van der Waals surface area contributed by atoms with Crippen LogP contribution >= 0.6 is 0 Å². The molecule has 14 heavy (non-hydrogen) atoms. The Morgan fingerprint density at radius 1 is 1.50 bits per heavy atom. The summed E-state index contributed by atoms with van der Waals surface area (Å²) < 4.78 is 5.46. The fourth-order valence-electron chi connectivity index (χ4n) is 1.06. The molecule has 0 aliphatic heterocycles. The highest BCUT2D eigenvalue weighted by atomic mass is 16.5. The molecule has 1 aromatic heterocycles. The van der Waals surface area contributed by atoms with Crippen LogP contribution in [0.1, 0.15) is 13.8 Å². The molecule has 1 aromatic rings. The van der Waals surface area contributed by atoms with Crippen LogP contribution in [0, 0.1) is 5.92 Å². The minimum absolute atomic E-state index is 0.688. The van der Waals surface area contributed by atoms with Gasteiger partial charge in [-0.3, -0.25) is 4.98 Å². The summed E-state index contributed by atoms with van der Waals surface area (Å²) >= 11 is 0. The molecule has 0 saturated heterocycles. The summed E-state index contributed by atoms with van der Waals surface area (Å²) in [6.45, 7) is 6.99. The van der Waals surface area contributed by atoms with Gasteiger partial charge in [0.2, 0.25) is 0 Å². The van der Waals surface area contributed by atoms with Gasteiger partial charge in [0, 0.05) is 12.7 Å². The van der Waals surface area contributed by atoms with Gasteiger partial charge in [-0.1, -0.05) is 13.8 Å². The lowest BCUT2D eigenvalue weighted by Gasteiger charge is -2.08. The normalized spacial score (nSPS) is 10.5. The number of hydrogen-bond acceptors (Lipinski definition) is 3. The number of hydrogen-bond donors (Lipinski definition) is 1. The molecule has 1 heterocycles. The van der Waals surface area contributed by atoms with Crippen molar-refractivity contribution in [3.63, 3.8) is 0 Å². The highest BCUT2D eigenvalue weighted by Crippen LogP contribution is 2.04. The summed E-state index contributed by atoms with van der Waals surface area (Å²) in [7, 11) is 0. The third-order valence-corrected chi connectivity index (χ3v) is 1.73. The average molecular weight is 194 g/mol. The molecule has 0 atom stereocenters. The molecule has 1 N–H and O–H groups in total. The molecule has 0 spiro atoms. The minimum Gasteiger partial charge on any atom is -0.491 e. The van der Waals surface area contributed by atoms with Gasteiger partial charge in [-0.15, -0.1) is 0 Å². The number of nitrogens with one attached hydrogen (secondary N) is 1. The van der Waals surface area contributed by atoms with Crippen LogP contribution in [-0.4, -0.2) is 24.7 Å². The molecule has 0 amide bonds. The van der Waals surface area contributed by atoms with Gasteiger partial charge < -0.3 is 10.1 Å².